The molecular weight excluding hydrogens is 305 g/mol. The molecule has 0 radical (unpaired) electrons. The normalized spacial score (nSPS) is 10.6. The van der Waals surface area contributed by atoms with Crippen LogP contribution in [0.2, 0.25) is 0 Å². The summed E-state index contributed by atoms with van der Waals surface area (Å²) in [4.78, 5) is 13.5. The molecule has 2 aromatic rings. The van der Waals surface area contributed by atoms with Crippen LogP contribution in [0.25, 0.3) is 10.4 Å². The highest BCUT2D eigenvalue weighted by Gasteiger charge is 2.09. The molecule has 22 heavy (non-hydrogen) atoms. The van der Waals surface area contributed by atoms with Crippen LogP contribution in [0, 0.1) is 5.82 Å². The third-order valence-electron chi connectivity index (χ3n) is 2.95. The van der Waals surface area contributed by atoms with Crippen molar-refractivity contribution in [3.63, 3.8) is 0 Å². The van der Waals surface area contributed by atoms with Gasteiger partial charge < -0.3 is 15.2 Å². The van der Waals surface area contributed by atoms with Crippen LogP contribution in [-0.4, -0.2) is 37.4 Å². The number of ether oxygens (including phenoxy) is 1. The van der Waals surface area contributed by atoms with Crippen molar-refractivity contribution in [3.05, 3.63) is 47.1 Å². The Labute approximate surface area is 132 Å². The average molecular weight is 323 g/mol. The minimum atomic E-state index is -0.276. The summed E-state index contributed by atoms with van der Waals surface area (Å²) in [6, 6.07) is 9.82. The second-order valence-electron chi connectivity index (χ2n) is 4.62. The first-order valence-electron chi connectivity index (χ1n) is 7.03. The number of nitrogens with one attached hydrogen (secondary N) is 1. The van der Waals surface area contributed by atoms with Crippen molar-refractivity contribution in [3.8, 4) is 10.4 Å². The van der Waals surface area contributed by atoms with E-state index in [2.05, 4.69) is 5.32 Å². The highest BCUT2D eigenvalue weighted by molar-refractivity contribution is 7.17. The molecule has 2 N–H and O–H groups in total. The number of hydrogen-bond donors (Lipinski definition) is 2. The molecule has 1 aromatic heterocycles. The van der Waals surface area contributed by atoms with E-state index in [0.29, 0.717) is 31.1 Å². The lowest BCUT2D eigenvalue weighted by Gasteiger charge is -2.04. The molecule has 0 saturated heterocycles. The minimum Gasteiger partial charge on any atom is -0.394 e. The molecule has 0 atom stereocenters. The molecule has 6 heteroatoms. The molecule has 1 amide bonds. The van der Waals surface area contributed by atoms with E-state index < -0.39 is 0 Å². The van der Waals surface area contributed by atoms with E-state index in [1.807, 2.05) is 6.07 Å². The monoisotopic (exact) mass is 323 g/mol. The maximum absolute atomic E-state index is 12.9. The van der Waals surface area contributed by atoms with Gasteiger partial charge in [0.25, 0.3) is 5.91 Å². The molecule has 0 aliphatic carbocycles. The predicted molar refractivity (Wildman–Crippen MR) is 84.6 cm³/mol. The van der Waals surface area contributed by atoms with E-state index in [9.17, 15) is 9.18 Å². The lowest BCUT2D eigenvalue weighted by molar-refractivity contribution is 0.0869. The van der Waals surface area contributed by atoms with E-state index in [1.165, 1.54) is 23.5 Å². The molecule has 2 rings (SSSR count). The molecule has 1 heterocycles. The zero-order valence-electron chi connectivity index (χ0n) is 12.0. The molecule has 0 saturated carbocycles. The first-order chi connectivity index (χ1) is 10.7. The zero-order chi connectivity index (χ0) is 15.8. The van der Waals surface area contributed by atoms with Crippen molar-refractivity contribution in [2.24, 2.45) is 0 Å². The fraction of sp³-hybridized carbons (Fsp3) is 0.312. The summed E-state index contributed by atoms with van der Waals surface area (Å²) in [7, 11) is 0. The van der Waals surface area contributed by atoms with E-state index in [-0.39, 0.29) is 18.3 Å². The highest BCUT2D eigenvalue weighted by atomic mass is 32.1. The Morgan fingerprint density at radius 1 is 1.18 bits per heavy atom. The van der Waals surface area contributed by atoms with E-state index in [0.717, 1.165) is 10.4 Å². The summed E-state index contributed by atoms with van der Waals surface area (Å²) < 4.78 is 18.0. The molecule has 1 aromatic carbocycles. The Morgan fingerprint density at radius 3 is 2.68 bits per heavy atom. The summed E-state index contributed by atoms with van der Waals surface area (Å²) in [5, 5.41) is 11.4. The summed E-state index contributed by atoms with van der Waals surface area (Å²) in [6.07, 6.45) is 0.696. The summed E-state index contributed by atoms with van der Waals surface area (Å²) in [6.45, 7) is 1.35. The molecule has 0 unspecified atom stereocenters. The fourth-order valence-electron chi connectivity index (χ4n) is 1.86. The van der Waals surface area contributed by atoms with Crippen LogP contribution in [0.15, 0.2) is 36.4 Å². The molecule has 0 aliphatic rings. The number of carbonyl (C=O) groups excluding carboxylic acids is 1. The Balaban J connectivity index is 1.83. The van der Waals surface area contributed by atoms with Crippen molar-refractivity contribution in [2.45, 2.75) is 6.42 Å². The SMILES string of the molecule is O=C(NCCCOCCO)c1ccc(-c2ccc(F)cc2)s1. The van der Waals surface area contributed by atoms with E-state index >= 15 is 0 Å². The van der Waals surface area contributed by atoms with Gasteiger partial charge in [-0.25, -0.2) is 4.39 Å². The number of benzene rings is 1. The Bertz CT molecular complexity index is 598. The van der Waals surface area contributed by atoms with Crippen LogP contribution in [0.1, 0.15) is 16.1 Å². The summed E-state index contributed by atoms with van der Waals surface area (Å²) >= 11 is 1.37. The molecule has 0 bridgehead atoms. The van der Waals surface area contributed by atoms with E-state index in [1.54, 1.807) is 18.2 Å². The van der Waals surface area contributed by atoms with Gasteiger partial charge in [0.1, 0.15) is 5.82 Å². The van der Waals surface area contributed by atoms with Crippen molar-refractivity contribution in [2.75, 3.05) is 26.4 Å². The van der Waals surface area contributed by atoms with Crippen molar-refractivity contribution in [1.29, 1.82) is 0 Å². The van der Waals surface area contributed by atoms with Gasteiger partial charge in [0, 0.05) is 18.0 Å². The number of aliphatic hydroxyl groups excluding tert-OH is 1. The standard InChI is InChI=1S/C16H18FNO3S/c17-13-4-2-12(3-5-13)14-6-7-15(22-14)16(20)18-8-1-10-21-11-9-19/h2-7,19H,1,8-11H2,(H,18,20). The largest absolute Gasteiger partial charge is 0.394 e. The van der Waals surface area contributed by atoms with Crippen LogP contribution in [0.3, 0.4) is 0 Å². The zero-order valence-corrected chi connectivity index (χ0v) is 12.9. The van der Waals surface area contributed by atoms with Crippen LogP contribution in [0.5, 0.6) is 0 Å². The lowest BCUT2D eigenvalue weighted by atomic mass is 10.2. The van der Waals surface area contributed by atoms with Gasteiger partial charge in [0.05, 0.1) is 18.1 Å². The Kier molecular flexibility index (Phi) is 6.51. The number of carbonyl (C=O) groups is 1. The molecule has 118 valence electrons. The lowest BCUT2D eigenvalue weighted by Crippen LogP contribution is -2.24. The van der Waals surface area contributed by atoms with Crippen LogP contribution >= 0.6 is 11.3 Å². The second kappa shape index (κ2) is 8.63. The maximum Gasteiger partial charge on any atom is 0.261 e. The van der Waals surface area contributed by atoms with Gasteiger partial charge in [-0.05, 0) is 36.2 Å². The number of halogens is 1. The van der Waals surface area contributed by atoms with Gasteiger partial charge in [0.15, 0.2) is 0 Å². The van der Waals surface area contributed by atoms with Gasteiger partial charge in [-0.1, -0.05) is 12.1 Å². The summed E-state index contributed by atoms with van der Waals surface area (Å²) in [5.74, 6) is -0.401. The molecule has 0 aliphatic heterocycles. The van der Waals surface area contributed by atoms with Crippen LogP contribution < -0.4 is 5.32 Å². The number of aliphatic hydroxyl groups is 1. The third-order valence-corrected chi connectivity index (χ3v) is 4.08. The van der Waals surface area contributed by atoms with Crippen molar-refractivity contribution < 1.29 is 19.0 Å². The molecule has 4 nitrogen and oxygen atoms in total. The minimum absolute atomic E-state index is 0.00766. The highest BCUT2D eigenvalue weighted by Crippen LogP contribution is 2.28. The quantitative estimate of drug-likeness (QED) is 0.734. The first kappa shape index (κ1) is 16.6. The van der Waals surface area contributed by atoms with E-state index in [4.69, 9.17) is 9.84 Å². The Morgan fingerprint density at radius 2 is 1.95 bits per heavy atom. The van der Waals surface area contributed by atoms with Gasteiger partial charge in [-0.15, -0.1) is 11.3 Å². The van der Waals surface area contributed by atoms with Gasteiger partial charge in [-0.2, -0.15) is 0 Å². The number of hydrogen-bond acceptors (Lipinski definition) is 4. The maximum atomic E-state index is 12.9. The van der Waals surface area contributed by atoms with Crippen molar-refractivity contribution >= 4 is 17.2 Å². The topological polar surface area (TPSA) is 58.6 Å². The molecule has 0 spiro atoms. The second-order valence-corrected chi connectivity index (χ2v) is 5.70. The van der Waals surface area contributed by atoms with Crippen molar-refractivity contribution in [1.82, 2.24) is 5.32 Å². The molecule has 0 fully saturated rings. The van der Waals surface area contributed by atoms with Crippen LogP contribution in [-0.2, 0) is 4.74 Å². The third kappa shape index (κ3) is 4.91. The first-order valence-corrected chi connectivity index (χ1v) is 7.85. The van der Waals surface area contributed by atoms with Gasteiger partial charge in [0.2, 0.25) is 0 Å². The van der Waals surface area contributed by atoms with Crippen LogP contribution in [0.4, 0.5) is 4.39 Å². The average Bonchev–Trinajstić information content (AvgIpc) is 3.01. The van der Waals surface area contributed by atoms with Gasteiger partial charge >= 0.3 is 0 Å². The predicted octanol–water partition coefficient (Wildman–Crippen LogP) is 2.68. The smallest absolute Gasteiger partial charge is 0.261 e. The number of rotatable bonds is 8. The Hall–Kier alpha value is -1.76. The fourth-order valence-corrected chi connectivity index (χ4v) is 2.79. The number of thiophene rings is 1. The number of amides is 1. The van der Waals surface area contributed by atoms with Gasteiger partial charge in [-0.3, -0.25) is 4.79 Å². The molecular formula is C16H18FNO3S. The summed E-state index contributed by atoms with van der Waals surface area (Å²) in [5.41, 5.74) is 0.892.